The molecule has 0 radical (unpaired) electrons. The number of fused-ring (bicyclic) bond motifs is 1. The SMILES string of the molecule is CC(C)(C)c1ncc(NC(=O)c2cc(Cl)c3c(c2)OCCO3)cn1. The lowest BCUT2D eigenvalue weighted by atomic mass is 9.96. The molecule has 0 atom stereocenters. The number of nitrogens with one attached hydrogen (secondary N) is 1. The van der Waals surface area contributed by atoms with Crippen LogP contribution in [-0.4, -0.2) is 29.1 Å². The summed E-state index contributed by atoms with van der Waals surface area (Å²) in [6.07, 6.45) is 3.18. The lowest BCUT2D eigenvalue weighted by Crippen LogP contribution is -2.18. The van der Waals surface area contributed by atoms with Crippen LogP contribution in [0.2, 0.25) is 5.02 Å². The van der Waals surface area contributed by atoms with E-state index in [1.165, 1.54) is 0 Å². The second-order valence-corrected chi connectivity index (χ2v) is 6.89. The van der Waals surface area contributed by atoms with Crippen molar-refractivity contribution in [3.63, 3.8) is 0 Å². The topological polar surface area (TPSA) is 73.3 Å². The quantitative estimate of drug-likeness (QED) is 0.900. The predicted octanol–water partition coefficient (Wildman–Crippen LogP) is 3.45. The summed E-state index contributed by atoms with van der Waals surface area (Å²) in [5.74, 6) is 1.33. The maximum atomic E-state index is 12.4. The van der Waals surface area contributed by atoms with E-state index >= 15 is 0 Å². The van der Waals surface area contributed by atoms with E-state index in [0.717, 1.165) is 0 Å². The lowest BCUT2D eigenvalue weighted by molar-refractivity contribution is 0.102. The van der Waals surface area contributed by atoms with Crippen LogP contribution in [0.5, 0.6) is 11.5 Å². The van der Waals surface area contributed by atoms with Gasteiger partial charge in [0.05, 0.1) is 23.1 Å². The molecule has 0 aliphatic carbocycles. The van der Waals surface area contributed by atoms with Gasteiger partial charge < -0.3 is 14.8 Å². The number of hydrogen-bond acceptors (Lipinski definition) is 5. The van der Waals surface area contributed by atoms with E-state index in [1.807, 2.05) is 20.8 Å². The Hall–Kier alpha value is -2.34. The third kappa shape index (κ3) is 3.43. The van der Waals surface area contributed by atoms with E-state index in [-0.39, 0.29) is 11.3 Å². The molecule has 7 heteroatoms. The third-order valence-electron chi connectivity index (χ3n) is 3.44. The van der Waals surface area contributed by atoms with Crippen LogP contribution >= 0.6 is 11.6 Å². The van der Waals surface area contributed by atoms with Crippen molar-refractivity contribution >= 4 is 23.2 Å². The molecular formula is C17H18ClN3O3. The second-order valence-electron chi connectivity index (χ2n) is 6.48. The smallest absolute Gasteiger partial charge is 0.255 e. The van der Waals surface area contributed by atoms with Crippen LogP contribution in [0.1, 0.15) is 37.0 Å². The third-order valence-corrected chi connectivity index (χ3v) is 3.72. The number of ether oxygens (including phenoxy) is 2. The van der Waals surface area contributed by atoms with Crippen molar-refractivity contribution in [1.82, 2.24) is 9.97 Å². The molecule has 0 unspecified atom stereocenters. The molecule has 0 spiro atoms. The van der Waals surface area contributed by atoms with Gasteiger partial charge in [0.1, 0.15) is 19.0 Å². The number of rotatable bonds is 2. The number of carbonyl (C=O) groups is 1. The van der Waals surface area contributed by atoms with Crippen LogP contribution in [0.15, 0.2) is 24.5 Å². The lowest BCUT2D eigenvalue weighted by Gasteiger charge is -2.20. The van der Waals surface area contributed by atoms with Crippen molar-refractivity contribution in [1.29, 1.82) is 0 Å². The highest BCUT2D eigenvalue weighted by molar-refractivity contribution is 6.32. The fraction of sp³-hybridized carbons (Fsp3) is 0.353. The Morgan fingerprint density at radius 1 is 1.17 bits per heavy atom. The Kier molecular flexibility index (Phi) is 4.32. The fourth-order valence-corrected chi connectivity index (χ4v) is 2.49. The van der Waals surface area contributed by atoms with E-state index in [1.54, 1.807) is 24.5 Å². The van der Waals surface area contributed by atoms with Crippen molar-refractivity contribution in [2.45, 2.75) is 26.2 Å². The maximum absolute atomic E-state index is 12.4. The van der Waals surface area contributed by atoms with Crippen molar-refractivity contribution in [3.05, 3.63) is 40.9 Å². The molecular weight excluding hydrogens is 330 g/mol. The Labute approximate surface area is 145 Å². The molecule has 1 N–H and O–H groups in total. The summed E-state index contributed by atoms with van der Waals surface area (Å²) in [5.41, 5.74) is 0.745. The highest BCUT2D eigenvalue weighted by Gasteiger charge is 2.20. The first kappa shape index (κ1) is 16.5. The Bertz CT molecular complexity index is 770. The molecule has 0 saturated carbocycles. The van der Waals surface area contributed by atoms with Gasteiger partial charge in [-0.2, -0.15) is 0 Å². The maximum Gasteiger partial charge on any atom is 0.255 e. The number of nitrogens with zero attached hydrogens (tertiary/aromatic N) is 2. The van der Waals surface area contributed by atoms with Gasteiger partial charge in [-0.1, -0.05) is 32.4 Å². The highest BCUT2D eigenvalue weighted by Crippen LogP contribution is 2.38. The number of hydrogen-bond donors (Lipinski definition) is 1. The second kappa shape index (κ2) is 6.28. The monoisotopic (exact) mass is 347 g/mol. The number of amides is 1. The van der Waals surface area contributed by atoms with Crippen LogP contribution < -0.4 is 14.8 Å². The first-order chi connectivity index (χ1) is 11.3. The predicted molar refractivity (Wildman–Crippen MR) is 91.1 cm³/mol. The summed E-state index contributed by atoms with van der Waals surface area (Å²) in [6, 6.07) is 3.16. The summed E-state index contributed by atoms with van der Waals surface area (Å²) in [7, 11) is 0. The molecule has 6 nitrogen and oxygen atoms in total. The van der Waals surface area contributed by atoms with Gasteiger partial charge >= 0.3 is 0 Å². The average molecular weight is 348 g/mol. The van der Waals surface area contributed by atoms with E-state index in [0.29, 0.717) is 46.8 Å². The summed E-state index contributed by atoms with van der Waals surface area (Å²) < 4.78 is 10.9. The molecule has 1 aromatic heterocycles. The molecule has 126 valence electrons. The molecule has 3 rings (SSSR count). The van der Waals surface area contributed by atoms with Gasteiger partial charge in [0.2, 0.25) is 0 Å². The van der Waals surface area contributed by atoms with Crippen molar-refractivity contribution in [3.8, 4) is 11.5 Å². The molecule has 0 fully saturated rings. The highest BCUT2D eigenvalue weighted by atomic mass is 35.5. The molecule has 1 aliphatic rings. The molecule has 0 saturated heterocycles. The Morgan fingerprint density at radius 3 is 2.50 bits per heavy atom. The molecule has 1 aromatic carbocycles. The van der Waals surface area contributed by atoms with Crippen LogP contribution in [0.4, 0.5) is 5.69 Å². The minimum atomic E-state index is -0.319. The first-order valence-corrected chi connectivity index (χ1v) is 7.95. The molecule has 0 bridgehead atoms. The zero-order valence-corrected chi connectivity index (χ0v) is 14.5. The van der Waals surface area contributed by atoms with Crippen LogP contribution in [-0.2, 0) is 5.41 Å². The zero-order valence-electron chi connectivity index (χ0n) is 13.7. The fourth-order valence-electron chi connectivity index (χ4n) is 2.23. The average Bonchev–Trinajstić information content (AvgIpc) is 2.54. The van der Waals surface area contributed by atoms with Crippen LogP contribution in [0, 0.1) is 0 Å². The number of halogens is 1. The number of benzene rings is 1. The summed E-state index contributed by atoms with van der Waals surface area (Å²) in [5, 5.41) is 3.10. The molecule has 1 aliphatic heterocycles. The van der Waals surface area contributed by atoms with Gasteiger partial charge in [-0.15, -0.1) is 0 Å². The number of carbonyl (C=O) groups excluding carboxylic acids is 1. The van der Waals surface area contributed by atoms with Gasteiger partial charge in [-0.25, -0.2) is 9.97 Å². The summed E-state index contributed by atoms with van der Waals surface area (Å²) in [6.45, 7) is 6.94. The van der Waals surface area contributed by atoms with Gasteiger partial charge in [-0.05, 0) is 12.1 Å². The standard InChI is InChI=1S/C17H18ClN3O3/c1-17(2,3)16-19-8-11(9-20-16)21-15(22)10-6-12(18)14-13(7-10)23-4-5-24-14/h6-9H,4-5H2,1-3H3,(H,21,22). The first-order valence-electron chi connectivity index (χ1n) is 7.57. The largest absolute Gasteiger partial charge is 0.486 e. The molecule has 24 heavy (non-hydrogen) atoms. The van der Waals surface area contributed by atoms with Gasteiger partial charge in [-0.3, -0.25) is 4.79 Å². The summed E-state index contributed by atoms with van der Waals surface area (Å²) >= 11 is 6.16. The van der Waals surface area contributed by atoms with Gasteiger partial charge in [0.15, 0.2) is 11.5 Å². The Balaban J connectivity index is 1.79. The van der Waals surface area contributed by atoms with Gasteiger partial charge in [0.25, 0.3) is 5.91 Å². The summed E-state index contributed by atoms with van der Waals surface area (Å²) in [4.78, 5) is 21.0. The number of aromatic nitrogens is 2. The molecule has 2 aromatic rings. The van der Waals surface area contributed by atoms with Crippen molar-refractivity contribution in [2.24, 2.45) is 0 Å². The molecule has 1 amide bonds. The van der Waals surface area contributed by atoms with Gasteiger partial charge in [0, 0.05) is 11.0 Å². The van der Waals surface area contributed by atoms with E-state index in [9.17, 15) is 4.79 Å². The normalized spacial score (nSPS) is 13.5. The van der Waals surface area contributed by atoms with Crippen molar-refractivity contribution in [2.75, 3.05) is 18.5 Å². The minimum absolute atomic E-state index is 0.147. The minimum Gasteiger partial charge on any atom is -0.486 e. The van der Waals surface area contributed by atoms with E-state index in [4.69, 9.17) is 21.1 Å². The van der Waals surface area contributed by atoms with Crippen LogP contribution in [0.3, 0.4) is 0 Å². The van der Waals surface area contributed by atoms with Crippen LogP contribution in [0.25, 0.3) is 0 Å². The van der Waals surface area contributed by atoms with E-state index in [2.05, 4.69) is 15.3 Å². The number of anilines is 1. The zero-order chi connectivity index (χ0) is 17.3. The molecule has 2 heterocycles. The van der Waals surface area contributed by atoms with Crippen molar-refractivity contribution < 1.29 is 14.3 Å². The Morgan fingerprint density at radius 2 is 1.83 bits per heavy atom. The van der Waals surface area contributed by atoms with E-state index < -0.39 is 0 Å².